The molecular formula is C31H35ClN4O4S. The molecule has 1 aliphatic rings. The average molecular weight is 595 g/mol. The lowest BCUT2D eigenvalue weighted by Crippen LogP contribution is -2.58. The molecule has 0 aromatic heterocycles. The number of halogens is 1. The number of hydrogen-bond donors (Lipinski definition) is 4. The van der Waals surface area contributed by atoms with Crippen LogP contribution < -0.4 is 16.4 Å². The van der Waals surface area contributed by atoms with Gasteiger partial charge in [0.15, 0.2) is 6.10 Å². The SMILES string of the molecule is Cc1ccccc1CNC(=O)[C@H]1N(C(=O)[C@@H](O)[C@H](Cc2ccccc2)NC(=O)c2cccc(N)c2Cl)CSC1(C)C. The number of nitrogens with zero attached hydrogens (tertiary/aromatic N) is 1. The molecule has 3 amide bonds. The topological polar surface area (TPSA) is 125 Å². The molecule has 216 valence electrons. The summed E-state index contributed by atoms with van der Waals surface area (Å²) in [5, 5.41) is 17.3. The molecule has 1 saturated heterocycles. The maximum atomic E-state index is 13.8. The van der Waals surface area contributed by atoms with Crippen molar-refractivity contribution in [3.63, 3.8) is 0 Å². The van der Waals surface area contributed by atoms with Crippen molar-refractivity contribution in [3.8, 4) is 0 Å². The Labute approximate surface area is 249 Å². The Morgan fingerprint density at radius 2 is 1.76 bits per heavy atom. The Kier molecular flexibility index (Phi) is 9.63. The maximum absolute atomic E-state index is 13.8. The van der Waals surface area contributed by atoms with Crippen LogP contribution in [0, 0.1) is 6.92 Å². The Morgan fingerprint density at radius 1 is 1.07 bits per heavy atom. The largest absolute Gasteiger partial charge is 0.398 e. The van der Waals surface area contributed by atoms with Crippen LogP contribution in [0.5, 0.6) is 0 Å². The van der Waals surface area contributed by atoms with Gasteiger partial charge < -0.3 is 26.4 Å². The molecule has 3 atom stereocenters. The third-order valence-corrected chi connectivity index (χ3v) is 9.11. The van der Waals surface area contributed by atoms with Crippen molar-refractivity contribution in [2.45, 2.75) is 56.7 Å². The minimum Gasteiger partial charge on any atom is -0.398 e. The van der Waals surface area contributed by atoms with Gasteiger partial charge in [0.05, 0.1) is 28.2 Å². The van der Waals surface area contributed by atoms with Crippen LogP contribution in [0.3, 0.4) is 0 Å². The van der Waals surface area contributed by atoms with E-state index in [9.17, 15) is 19.5 Å². The Hall–Kier alpha value is -3.53. The van der Waals surface area contributed by atoms with Gasteiger partial charge in [-0.2, -0.15) is 0 Å². The number of aliphatic hydroxyl groups excluding tert-OH is 1. The molecule has 0 unspecified atom stereocenters. The first-order valence-electron chi connectivity index (χ1n) is 13.3. The number of benzene rings is 3. The van der Waals surface area contributed by atoms with Crippen molar-refractivity contribution in [3.05, 3.63) is 100 Å². The highest BCUT2D eigenvalue weighted by Crippen LogP contribution is 2.40. The van der Waals surface area contributed by atoms with Gasteiger partial charge in [0.2, 0.25) is 5.91 Å². The summed E-state index contributed by atoms with van der Waals surface area (Å²) in [6.07, 6.45) is -1.45. The predicted octanol–water partition coefficient (Wildman–Crippen LogP) is 3.93. The maximum Gasteiger partial charge on any atom is 0.254 e. The second kappa shape index (κ2) is 13.0. The highest BCUT2D eigenvalue weighted by molar-refractivity contribution is 8.00. The third kappa shape index (κ3) is 7.04. The fourth-order valence-corrected chi connectivity index (χ4v) is 6.28. The number of carbonyl (C=O) groups is 3. The van der Waals surface area contributed by atoms with Crippen LogP contribution in [0.2, 0.25) is 5.02 Å². The lowest BCUT2D eigenvalue weighted by molar-refractivity contribution is -0.147. The van der Waals surface area contributed by atoms with E-state index in [-0.39, 0.29) is 34.5 Å². The van der Waals surface area contributed by atoms with Crippen LogP contribution in [0.4, 0.5) is 5.69 Å². The van der Waals surface area contributed by atoms with Gasteiger partial charge in [0, 0.05) is 11.3 Å². The van der Waals surface area contributed by atoms with Gasteiger partial charge >= 0.3 is 0 Å². The van der Waals surface area contributed by atoms with Gasteiger partial charge in [-0.3, -0.25) is 14.4 Å². The van der Waals surface area contributed by atoms with Crippen molar-refractivity contribution in [2.75, 3.05) is 11.6 Å². The van der Waals surface area contributed by atoms with Gasteiger partial charge in [-0.25, -0.2) is 0 Å². The number of amides is 3. The molecule has 0 spiro atoms. The zero-order chi connectivity index (χ0) is 29.7. The normalized spacial score (nSPS) is 17.5. The lowest BCUT2D eigenvalue weighted by Gasteiger charge is -2.33. The molecule has 8 nitrogen and oxygen atoms in total. The number of aryl methyl sites for hydroxylation is 1. The van der Waals surface area contributed by atoms with Gasteiger partial charge in [0.25, 0.3) is 11.8 Å². The first-order valence-corrected chi connectivity index (χ1v) is 14.7. The number of nitrogens with two attached hydrogens (primary N) is 1. The number of nitrogens with one attached hydrogen (secondary N) is 2. The van der Waals surface area contributed by atoms with E-state index in [1.807, 2.05) is 75.4 Å². The second-order valence-corrected chi connectivity index (χ2v) is 12.6. The molecule has 3 aromatic carbocycles. The van der Waals surface area contributed by atoms with Crippen molar-refractivity contribution < 1.29 is 19.5 Å². The monoisotopic (exact) mass is 594 g/mol. The van der Waals surface area contributed by atoms with Crippen LogP contribution >= 0.6 is 23.4 Å². The van der Waals surface area contributed by atoms with E-state index in [0.717, 1.165) is 16.7 Å². The molecule has 0 bridgehead atoms. The second-order valence-electron chi connectivity index (χ2n) is 10.7. The van der Waals surface area contributed by atoms with Gasteiger partial charge in [-0.1, -0.05) is 72.3 Å². The van der Waals surface area contributed by atoms with E-state index in [0.29, 0.717) is 6.54 Å². The van der Waals surface area contributed by atoms with E-state index in [2.05, 4.69) is 10.6 Å². The molecular weight excluding hydrogens is 560 g/mol. The van der Waals surface area contributed by atoms with Crippen molar-refractivity contribution in [1.29, 1.82) is 0 Å². The zero-order valence-corrected chi connectivity index (χ0v) is 24.8. The third-order valence-electron chi connectivity index (χ3n) is 7.31. The van der Waals surface area contributed by atoms with Crippen molar-refractivity contribution >= 4 is 46.8 Å². The van der Waals surface area contributed by atoms with E-state index in [4.69, 9.17) is 17.3 Å². The minimum atomic E-state index is -1.62. The van der Waals surface area contributed by atoms with Crippen LogP contribution in [-0.4, -0.2) is 56.5 Å². The summed E-state index contributed by atoms with van der Waals surface area (Å²) in [6.45, 7) is 6.10. The predicted molar refractivity (Wildman–Crippen MR) is 163 cm³/mol. The molecule has 1 fully saturated rings. The quantitative estimate of drug-likeness (QED) is 0.278. The average Bonchev–Trinajstić information content (AvgIpc) is 3.28. The fourth-order valence-electron chi connectivity index (χ4n) is 4.92. The molecule has 5 N–H and O–H groups in total. The number of hydrogen-bond acceptors (Lipinski definition) is 6. The van der Waals surface area contributed by atoms with Gasteiger partial charge in [-0.15, -0.1) is 11.8 Å². The van der Waals surface area contributed by atoms with E-state index in [1.165, 1.54) is 22.7 Å². The van der Waals surface area contributed by atoms with Crippen LogP contribution in [0.1, 0.15) is 40.9 Å². The summed E-state index contributed by atoms with van der Waals surface area (Å²) in [7, 11) is 0. The Balaban J connectivity index is 1.56. The number of carbonyl (C=O) groups excluding carboxylic acids is 3. The first-order chi connectivity index (χ1) is 19.5. The molecule has 3 aromatic rings. The Bertz CT molecular complexity index is 1420. The molecule has 0 aliphatic carbocycles. The number of anilines is 1. The smallest absolute Gasteiger partial charge is 0.254 e. The summed E-state index contributed by atoms with van der Waals surface area (Å²) in [5.74, 6) is -1.30. The molecule has 1 aliphatic heterocycles. The summed E-state index contributed by atoms with van der Waals surface area (Å²) in [6, 6.07) is 19.9. The van der Waals surface area contributed by atoms with Crippen LogP contribution in [-0.2, 0) is 22.6 Å². The highest BCUT2D eigenvalue weighted by atomic mass is 35.5. The van der Waals surface area contributed by atoms with Crippen molar-refractivity contribution in [1.82, 2.24) is 15.5 Å². The van der Waals surface area contributed by atoms with Crippen LogP contribution in [0.15, 0.2) is 72.8 Å². The van der Waals surface area contributed by atoms with E-state index < -0.39 is 34.7 Å². The standard InChI is InChI=1S/C31H35ClN4O4S/c1-19-10-7-8-13-21(19)17-34-29(39)27-31(2,3)41-18-36(27)30(40)26(37)24(16-20-11-5-4-6-12-20)35-28(38)22-14-9-15-23(33)25(22)32/h4-15,24,26-27,37H,16-18,33H2,1-3H3,(H,34,39)(H,35,38)/t24-,26-,27+/m0/s1. The highest BCUT2D eigenvalue weighted by Gasteiger charge is 2.49. The summed E-state index contributed by atoms with van der Waals surface area (Å²) in [4.78, 5) is 41.9. The lowest BCUT2D eigenvalue weighted by atomic mass is 9.96. The van der Waals surface area contributed by atoms with Gasteiger partial charge in [-0.05, 0) is 56.0 Å². The van der Waals surface area contributed by atoms with Crippen molar-refractivity contribution in [2.24, 2.45) is 0 Å². The first kappa shape index (κ1) is 30.4. The zero-order valence-electron chi connectivity index (χ0n) is 23.3. The van der Waals surface area contributed by atoms with Gasteiger partial charge in [0.1, 0.15) is 6.04 Å². The molecule has 41 heavy (non-hydrogen) atoms. The molecule has 0 radical (unpaired) electrons. The molecule has 0 saturated carbocycles. The summed E-state index contributed by atoms with van der Waals surface area (Å²) in [5.41, 5.74) is 9.10. The fraction of sp³-hybridized carbons (Fsp3) is 0.323. The number of aliphatic hydroxyl groups is 1. The summed E-state index contributed by atoms with van der Waals surface area (Å²) >= 11 is 7.73. The van der Waals surface area contributed by atoms with E-state index >= 15 is 0 Å². The number of rotatable bonds is 9. The molecule has 1 heterocycles. The number of nitrogen functional groups attached to an aromatic ring is 1. The molecule has 10 heteroatoms. The number of thioether (sulfide) groups is 1. The van der Waals surface area contributed by atoms with E-state index in [1.54, 1.807) is 12.1 Å². The summed E-state index contributed by atoms with van der Waals surface area (Å²) < 4.78 is -0.599. The van der Waals surface area contributed by atoms with Crippen LogP contribution in [0.25, 0.3) is 0 Å². The molecule has 4 rings (SSSR count). The minimum absolute atomic E-state index is 0.0901. The Morgan fingerprint density at radius 3 is 2.46 bits per heavy atom.